The fourth-order valence-electron chi connectivity index (χ4n) is 2.69. The summed E-state index contributed by atoms with van der Waals surface area (Å²) in [5, 5.41) is 18.0. The van der Waals surface area contributed by atoms with Crippen LogP contribution in [0.1, 0.15) is 36.7 Å². The minimum Gasteiger partial charge on any atom is -0.348 e. The summed E-state index contributed by atoms with van der Waals surface area (Å²) in [6.45, 7) is 2.14. The monoisotopic (exact) mass is 314 g/mol. The number of rotatable bonds is 6. The molecule has 1 saturated carbocycles. The van der Waals surface area contributed by atoms with Crippen molar-refractivity contribution in [1.29, 1.82) is 0 Å². The number of amides is 1. The van der Waals surface area contributed by atoms with Gasteiger partial charge in [-0.1, -0.05) is 19.4 Å². The third kappa shape index (κ3) is 3.39. The lowest BCUT2D eigenvalue weighted by Gasteiger charge is -2.03. The van der Waals surface area contributed by atoms with Crippen molar-refractivity contribution in [2.75, 3.05) is 0 Å². The number of nitro benzene ring substituents is 1. The molecule has 120 valence electrons. The van der Waals surface area contributed by atoms with Gasteiger partial charge in [-0.2, -0.15) is 5.10 Å². The summed E-state index contributed by atoms with van der Waals surface area (Å²) < 4.78 is 1.47. The van der Waals surface area contributed by atoms with Gasteiger partial charge in [0.05, 0.1) is 10.6 Å². The van der Waals surface area contributed by atoms with Gasteiger partial charge >= 0.3 is 0 Å². The number of hydrogen-bond acceptors (Lipinski definition) is 4. The van der Waals surface area contributed by atoms with E-state index in [0.717, 1.165) is 19.3 Å². The van der Waals surface area contributed by atoms with Crippen molar-refractivity contribution in [3.63, 3.8) is 0 Å². The van der Waals surface area contributed by atoms with Gasteiger partial charge in [0, 0.05) is 24.4 Å². The highest BCUT2D eigenvalue weighted by atomic mass is 16.6. The second-order valence-corrected chi connectivity index (χ2v) is 5.79. The minimum absolute atomic E-state index is 0.00982. The van der Waals surface area contributed by atoms with Crippen LogP contribution in [0.4, 0.5) is 5.69 Å². The average molecular weight is 314 g/mol. The zero-order valence-corrected chi connectivity index (χ0v) is 12.8. The molecule has 1 aromatic heterocycles. The molecule has 7 nitrogen and oxygen atoms in total. The van der Waals surface area contributed by atoms with Crippen LogP contribution in [-0.2, 0) is 0 Å². The van der Waals surface area contributed by atoms with Crippen LogP contribution in [0.5, 0.6) is 0 Å². The summed E-state index contributed by atoms with van der Waals surface area (Å²) in [6, 6.07) is 8.01. The van der Waals surface area contributed by atoms with E-state index in [-0.39, 0.29) is 17.6 Å². The first-order valence-corrected chi connectivity index (χ1v) is 7.70. The lowest BCUT2D eigenvalue weighted by atomic mass is 10.2. The Kier molecular flexibility index (Phi) is 4.10. The molecule has 1 fully saturated rings. The maximum Gasteiger partial charge on any atom is 0.272 e. The number of carbonyl (C=O) groups excluding carboxylic acids is 1. The Bertz CT molecular complexity index is 740. The zero-order valence-electron chi connectivity index (χ0n) is 12.8. The number of benzene rings is 1. The number of nitro groups is 1. The molecule has 0 bridgehead atoms. The zero-order chi connectivity index (χ0) is 16.4. The fourth-order valence-corrected chi connectivity index (χ4v) is 2.69. The minimum atomic E-state index is -0.457. The first kappa shape index (κ1) is 15.2. The highest BCUT2D eigenvalue weighted by Gasteiger charge is 2.37. The summed E-state index contributed by atoms with van der Waals surface area (Å²) in [7, 11) is 0. The van der Waals surface area contributed by atoms with Gasteiger partial charge in [-0.25, -0.2) is 4.68 Å². The number of aromatic nitrogens is 2. The Morgan fingerprint density at radius 2 is 2.30 bits per heavy atom. The summed E-state index contributed by atoms with van der Waals surface area (Å²) in [4.78, 5) is 22.5. The normalized spacial score (nSPS) is 19.3. The van der Waals surface area contributed by atoms with Crippen molar-refractivity contribution < 1.29 is 9.72 Å². The van der Waals surface area contributed by atoms with Crippen molar-refractivity contribution >= 4 is 11.6 Å². The molecule has 2 unspecified atom stereocenters. The molecule has 0 saturated heterocycles. The van der Waals surface area contributed by atoms with Crippen molar-refractivity contribution in [2.24, 2.45) is 5.92 Å². The van der Waals surface area contributed by atoms with E-state index in [1.165, 1.54) is 16.8 Å². The molecule has 1 heterocycles. The topological polar surface area (TPSA) is 90.1 Å². The predicted molar refractivity (Wildman–Crippen MR) is 84.5 cm³/mol. The van der Waals surface area contributed by atoms with Crippen LogP contribution in [-0.4, -0.2) is 26.7 Å². The van der Waals surface area contributed by atoms with Gasteiger partial charge in [0.25, 0.3) is 11.6 Å². The van der Waals surface area contributed by atoms with Gasteiger partial charge in [0.1, 0.15) is 0 Å². The summed E-state index contributed by atoms with van der Waals surface area (Å²) in [5.74, 6) is 0.389. The van der Waals surface area contributed by atoms with Crippen molar-refractivity contribution in [3.05, 3.63) is 52.3 Å². The first-order valence-electron chi connectivity index (χ1n) is 7.70. The molecule has 1 N–H and O–H groups in total. The average Bonchev–Trinajstić information content (AvgIpc) is 3.08. The fraction of sp³-hybridized carbons (Fsp3) is 0.375. The van der Waals surface area contributed by atoms with Gasteiger partial charge in [-0.3, -0.25) is 14.9 Å². The molecule has 23 heavy (non-hydrogen) atoms. The standard InChI is InChI=1S/C16H18N4O3/c1-2-4-11-9-15(11)17-16(21)14-7-8-19(18-14)12-5-3-6-13(10-12)20(22)23/h3,5-8,10-11,15H,2,4,9H2,1H3,(H,17,21). The van der Waals surface area contributed by atoms with Crippen molar-refractivity contribution in [2.45, 2.75) is 32.2 Å². The maximum absolute atomic E-state index is 12.2. The quantitative estimate of drug-likeness (QED) is 0.655. The van der Waals surface area contributed by atoms with Crippen LogP contribution in [0.15, 0.2) is 36.5 Å². The smallest absolute Gasteiger partial charge is 0.272 e. The number of nitrogens with zero attached hydrogens (tertiary/aromatic N) is 3. The first-order chi connectivity index (χ1) is 11.1. The molecule has 0 aliphatic heterocycles. The highest BCUT2D eigenvalue weighted by Crippen LogP contribution is 2.34. The van der Waals surface area contributed by atoms with Gasteiger partial charge < -0.3 is 5.32 Å². The van der Waals surface area contributed by atoms with Crippen molar-refractivity contribution in [3.8, 4) is 5.69 Å². The molecule has 0 radical (unpaired) electrons. The summed E-state index contributed by atoms with van der Waals surface area (Å²) in [6.07, 6.45) is 4.92. The van der Waals surface area contributed by atoms with E-state index >= 15 is 0 Å². The number of nitrogens with one attached hydrogen (secondary N) is 1. The van der Waals surface area contributed by atoms with Crippen LogP contribution in [0.2, 0.25) is 0 Å². The third-order valence-corrected chi connectivity index (χ3v) is 4.03. The lowest BCUT2D eigenvalue weighted by Crippen LogP contribution is -2.27. The highest BCUT2D eigenvalue weighted by molar-refractivity contribution is 5.92. The number of carbonyl (C=O) groups is 1. The molecule has 1 amide bonds. The molecule has 1 aliphatic carbocycles. The van der Waals surface area contributed by atoms with Crippen LogP contribution in [0.25, 0.3) is 5.69 Å². The van der Waals surface area contributed by atoms with Crippen LogP contribution in [0.3, 0.4) is 0 Å². The Morgan fingerprint density at radius 1 is 1.48 bits per heavy atom. The molecule has 0 spiro atoms. The van der Waals surface area contributed by atoms with Crippen LogP contribution < -0.4 is 5.32 Å². The van der Waals surface area contributed by atoms with Gasteiger partial charge in [0.2, 0.25) is 0 Å². The van der Waals surface area contributed by atoms with Gasteiger partial charge in [-0.15, -0.1) is 0 Å². The largest absolute Gasteiger partial charge is 0.348 e. The van der Waals surface area contributed by atoms with E-state index in [4.69, 9.17) is 0 Å². The maximum atomic E-state index is 12.2. The van der Waals surface area contributed by atoms with Gasteiger partial charge in [-0.05, 0) is 30.9 Å². The molecule has 2 aromatic rings. The van der Waals surface area contributed by atoms with E-state index in [0.29, 0.717) is 17.3 Å². The molecule has 7 heteroatoms. The Hall–Kier alpha value is -2.70. The number of non-ortho nitro benzene ring substituents is 1. The SMILES string of the molecule is CCCC1CC1NC(=O)c1ccn(-c2cccc([N+](=O)[O-])c2)n1. The predicted octanol–water partition coefficient (Wildman–Crippen LogP) is 2.70. The third-order valence-electron chi connectivity index (χ3n) is 4.03. The van der Waals surface area contributed by atoms with E-state index in [9.17, 15) is 14.9 Å². The second-order valence-electron chi connectivity index (χ2n) is 5.79. The van der Waals surface area contributed by atoms with E-state index in [1.807, 2.05) is 0 Å². The molecule has 2 atom stereocenters. The lowest BCUT2D eigenvalue weighted by molar-refractivity contribution is -0.384. The Balaban J connectivity index is 1.69. The van der Waals surface area contributed by atoms with E-state index in [2.05, 4.69) is 17.3 Å². The molecule has 1 aliphatic rings. The molecular weight excluding hydrogens is 296 g/mol. The molecule has 1 aromatic carbocycles. The van der Waals surface area contributed by atoms with Crippen molar-refractivity contribution in [1.82, 2.24) is 15.1 Å². The van der Waals surface area contributed by atoms with Gasteiger partial charge in [0.15, 0.2) is 5.69 Å². The molecular formula is C16H18N4O3. The summed E-state index contributed by atoms with van der Waals surface area (Å²) in [5.41, 5.74) is 0.858. The number of hydrogen-bond donors (Lipinski definition) is 1. The molecule has 3 rings (SSSR count). The second kappa shape index (κ2) is 6.20. The summed E-state index contributed by atoms with van der Waals surface area (Å²) >= 11 is 0. The van der Waals surface area contributed by atoms with Crippen LogP contribution >= 0.6 is 0 Å². The Labute approximate surface area is 133 Å². The van der Waals surface area contributed by atoms with E-state index < -0.39 is 4.92 Å². The Morgan fingerprint density at radius 3 is 3.04 bits per heavy atom. The van der Waals surface area contributed by atoms with E-state index in [1.54, 1.807) is 24.4 Å². The van der Waals surface area contributed by atoms with Crippen LogP contribution in [0, 0.1) is 16.0 Å².